The summed E-state index contributed by atoms with van der Waals surface area (Å²) in [5.41, 5.74) is 4.57. The minimum Gasteiger partial charge on any atom is -0.206 e. The summed E-state index contributed by atoms with van der Waals surface area (Å²) in [5, 5.41) is 8.85. The summed E-state index contributed by atoms with van der Waals surface area (Å²) < 4.78 is 13.8. The van der Waals surface area contributed by atoms with Crippen molar-refractivity contribution in [2.75, 3.05) is 0 Å². The topological polar surface area (TPSA) is 23.8 Å². The molecule has 0 radical (unpaired) electrons. The highest BCUT2D eigenvalue weighted by atomic mass is 19.1. The van der Waals surface area contributed by atoms with E-state index in [4.69, 9.17) is 5.26 Å². The van der Waals surface area contributed by atoms with Crippen molar-refractivity contribution < 1.29 is 4.39 Å². The zero-order chi connectivity index (χ0) is 15.5. The smallest absolute Gasteiger partial charge is 0.141 e. The first-order valence-corrected chi connectivity index (χ1v) is 8.60. The predicted octanol–water partition coefficient (Wildman–Crippen LogP) is 5.86. The quantitative estimate of drug-likeness (QED) is 0.641. The van der Waals surface area contributed by atoms with Crippen molar-refractivity contribution >= 4 is 0 Å². The van der Waals surface area contributed by atoms with Gasteiger partial charge >= 0.3 is 0 Å². The number of halogens is 1. The van der Waals surface area contributed by atoms with Crippen LogP contribution in [0.4, 0.5) is 4.39 Å². The maximum Gasteiger partial charge on any atom is 0.141 e. The highest BCUT2D eigenvalue weighted by Crippen LogP contribution is 2.44. The SMILES string of the molecule is CCCC1CCC2=C(CCC(c3ccc(C#N)c(F)c3)C2)C1. The van der Waals surface area contributed by atoms with E-state index in [1.807, 2.05) is 12.1 Å². The zero-order valence-electron chi connectivity index (χ0n) is 13.4. The Balaban J connectivity index is 1.73. The molecule has 22 heavy (non-hydrogen) atoms. The average Bonchev–Trinajstić information content (AvgIpc) is 2.54. The molecule has 2 unspecified atom stereocenters. The van der Waals surface area contributed by atoms with Crippen LogP contribution in [-0.2, 0) is 0 Å². The van der Waals surface area contributed by atoms with Crippen LogP contribution in [0.25, 0.3) is 0 Å². The van der Waals surface area contributed by atoms with E-state index in [0.29, 0.717) is 5.92 Å². The van der Waals surface area contributed by atoms with E-state index in [9.17, 15) is 4.39 Å². The van der Waals surface area contributed by atoms with Gasteiger partial charge in [-0.25, -0.2) is 4.39 Å². The lowest BCUT2D eigenvalue weighted by Crippen LogP contribution is -2.17. The molecule has 2 aliphatic rings. The molecule has 0 spiro atoms. The van der Waals surface area contributed by atoms with Crippen molar-refractivity contribution in [2.24, 2.45) is 5.92 Å². The fraction of sp³-hybridized carbons (Fsp3) is 0.550. The molecule has 2 atom stereocenters. The van der Waals surface area contributed by atoms with Gasteiger partial charge in [-0.2, -0.15) is 5.26 Å². The van der Waals surface area contributed by atoms with E-state index in [1.165, 1.54) is 38.5 Å². The molecule has 0 heterocycles. The average molecular weight is 297 g/mol. The molecule has 1 aromatic rings. The van der Waals surface area contributed by atoms with Gasteiger partial charge in [-0.05, 0) is 68.1 Å². The molecule has 1 aromatic carbocycles. The zero-order valence-corrected chi connectivity index (χ0v) is 13.4. The van der Waals surface area contributed by atoms with Crippen molar-refractivity contribution in [3.05, 3.63) is 46.3 Å². The Bertz CT molecular complexity index is 623. The molecule has 2 heteroatoms. The molecule has 0 saturated heterocycles. The second kappa shape index (κ2) is 6.65. The molecule has 0 amide bonds. The van der Waals surface area contributed by atoms with Crippen molar-refractivity contribution in [1.29, 1.82) is 5.26 Å². The molecular formula is C20H24FN. The Morgan fingerprint density at radius 2 is 1.95 bits per heavy atom. The summed E-state index contributed by atoms with van der Waals surface area (Å²) in [4.78, 5) is 0. The van der Waals surface area contributed by atoms with Gasteiger partial charge in [0.2, 0.25) is 0 Å². The van der Waals surface area contributed by atoms with E-state index in [0.717, 1.165) is 24.3 Å². The third-order valence-electron chi connectivity index (χ3n) is 5.46. The molecular weight excluding hydrogens is 273 g/mol. The van der Waals surface area contributed by atoms with Gasteiger partial charge in [0.15, 0.2) is 0 Å². The molecule has 1 nitrogen and oxygen atoms in total. The van der Waals surface area contributed by atoms with E-state index in [2.05, 4.69) is 6.92 Å². The number of nitrogens with zero attached hydrogens (tertiary/aromatic N) is 1. The Labute approximate surface area is 132 Å². The van der Waals surface area contributed by atoms with Crippen LogP contribution in [0, 0.1) is 23.1 Å². The van der Waals surface area contributed by atoms with Crippen LogP contribution < -0.4 is 0 Å². The van der Waals surface area contributed by atoms with E-state index < -0.39 is 0 Å². The first-order valence-electron chi connectivity index (χ1n) is 8.60. The highest BCUT2D eigenvalue weighted by Gasteiger charge is 2.27. The molecule has 0 aromatic heterocycles. The van der Waals surface area contributed by atoms with Gasteiger partial charge in [0.05, 0.1) is 5.56 Å². The molecule has 116 valence electrons. The van der Waals surface area contributed by atoms with Crippen LogP contribution >= 0.6 is 0 Å². The van der Waals surface area contributed by atoms with Gasteiger partial charge in [0.1, 0.15) is 11.9 Å². The Morgan fingerprint density at radius 1 is 1.18 bits per heavy atom. The summed E-state index contributed by atoms with van der Waals surface area (Å²) in [6.45, 7) is 2.28. The van der Waals surface area contributed by atoms with Crippen molar-refractivity contribution in [1.82, 2.24) is 0 Å². The number of allylic oxidation sites excluding steroid dienone is 2. The first kappa shape index (κ1) is 15.3. The third-order valence-corrected chi connectivity index (χ3v) is 5.46. The van der Waals surface area contributed by atoms with Crippen LogP contribution in [0.1, 0.15) is 75.3 Å². The van der Waals surface area contributed by atoms with Crippen LogP contribution in [0.15, 0.2) is 29.3 Å². The Kier molecular flexibility index (Phi) is 4.62. The summed E-state index contributed by atoms with van der Waals surface area (Å²) >= 11 is 0. The lowest BCUT2D eigenvalue weighted by Gasteiger charge is -2.34. The molecule has 2 aliphatic carbocycles. The number of nitriles is 1. The molecule has 0 bridgehead atoms. The maximum absolute atomic E-state index is 13.8. The van der Waals surface area contributed by atoms with Crippen LogP contribution in [-0.4, -0.2) is 0 Å². The predicted molar refractivity (Wildman–Crippen MR) is 87.0 cm³/mol. The van der Waals surface area contributed by atoms with Crippen LogP contribution in [0.5, 0.6) is 0 Å². The molecule has 0 fully saturated rings. The second-order valence-corrected chi connectivity index (χ2v) is 6.90. The van der Waals surface area contributed by atoms with Crippen molar-refractivity contribution in [3.8, 4) is 6.07 Å². The Hall–Kier alpha value is -1.62. The monoisotopic (exact) mass is 297 g/mol. The third kappa shape index (κ3) is 3.09. The molecule has 3 rings (SSSR count). The molecule has 0 N–H and O–H groups in total. The highest BCUT2D eigenvalue weighted by molar-refractivity contribution is 5.36. The lowest BCUT2D eigenvalue weighted by atomic mass is 9.71. The second-order valence-electron chi connectivity index (χ2n) is 6.90. The summed E-state index contributed by atoms with van der Waals surface area (Å²) in [6.07, 6.45) is 9.94. The van der Waals surface area contributed by atoms with Gasteiger partial charge < -0.3 is 0 Å². The van der Waals surface area contributed by atoms with Crippen LogP contribution in [0.3, 0.4) is 0 Å². The lowest BCUT2D eigenvalue weighted by molar-refractivity contribution is 0.386. The largest absolute Gasteiger partial charge is 0.206 e. The standard InChI is InChI=1S/C20H24FN/c1-2-3-14-4-5-16-11-17(7-6-15(16)10-14)18-8-9-19(13-22)20(21)12-18/h8-9,12,14,17H,2-7,10-11H2,1H3. The minimum absolute atomic E-state index is 0.152. The fourth-order valence-corrected chi connectivity index (χ4v) is 4.24. The first-order chi connectivity index (χ1) is 10.7. The normalized spacial score (nSPS) is 24.8. The van der Waals surface area contributed by atoms with Gasteiger partial charge in [0.25, 0.3) is 0 Å². The minimum atomic E-state index is -0.369. The van der Waals surface area contributed by atoms with Gasteiger partial charge in [0, 0.05) is 0 Å². The van der Waals surface area contributed by atoms with E-state index >= 15 is 0 Å². The summed E-state index contributed by atoms with van der Waals surface area (Å²) in [7, 11) is 0. The fourth-order valence-electron chi connectivity index (χ4n) is 4.24. The number of rotatable bonds is 3. The van der Waals surface area contributed by atoms with E-state index in [-0.39, 0.29) is 11.4 Å². The maximum atomic E-state index is 13.8. The summed E-state index contributed by atoms with van der Waals surface area (Å²) in [5.74, 6) is 0.961. The van der Waals surface area contributed by atoms with Crippen LogP contribution in [0.2, 0.25) is 0 Å². The van der Waals surface area contributed by atoms with Gasteiger partial charge in [-0.15, -0.1) is 0 Å². The van der Waals surface area contributed by atoms with Gasteiger partial charge in [-0.1, -0.05) is 37.0 Å². The molecule has 0 saturated carbocycles. The van der Waals surface area contributed by atoms with Crippen molar-refractivity contribution in [2.45, 2.75) is 64.2 Å². The van der Waals surface area contributed by atoms with E-state index in [1.54, 1.807) is 23.3 Å². The number of hydrogen-bond acceptors (Lipinski definition) is 1. The molecule has 0 aliphatic heterocycles. The summed E-state index contributed by atoms with van der Waals surface area (Å²) in [6, 6.07) is 7.06. The number of benzene rings is 1. The van der Waals surface area contributed by atoms with Crippen molar-refractivity contribution in [3.63, 3.8) is 0 Å². The Morgan fingerprint density at radius 3 is 2.68 bits per heavy atom. The number of hydrogen-bond donors (Lipinski definition) is 0. The van der Waals surface area contributed by atoms with Gasteiger partial charge in [-0.3, -0.25) is 0 Å².